The summed E-state index contributed by atoms with van der Waals surface area (Å²) in [5, 5.41) is 0. The Bertz CT molecular complexity index is 382. The van der Waals surface area contributed by atoms with Crippen molar-refractivity contribution >= 4 is 0 Å². The third kappa shape index (κ3) is 2.00. The first-order valence-electron chi connectivity index (χ1n) is 5.62. The molecule has 1 unspecified atom stereocenters. The van der Waals surface area contributed by atoms with Crippen molar-refractivity contribution in [2.24, 2.45) is 5.73 Å². The second-order valence-electron chi connectivity index (χ2n) is 4.91. The van der Waals surface area contributed by atoms with Crippen LogP contribution >= 0.6 is 0 Å². The van der Waals surface area contributed by atoms with Gasteiger partial charge >= 0.3 is 0 Å². The summed E-state index contributed by atoms with van der Waals surface area (Å²) < 4.78 is 10.8. The molecule has 0 saturated carbocycles. The van der Waals surface area contributed by atoms with Crippen LogP contribution in [0.5, 0.6) is 11.5 Å². The van der Waals surface area contributed by atoms with Crippen molar-refractivity contribution < 1.29 is 9.47 Å². The second kappa shape index (κ2) is 3.98. The fraction of sp³-hybridized carbons (Fsp3) is 0.538. The van der Waals surface area contributed by atoms with Crippen LogP contribution in [0.4, 0.5) is 0 Å². The van der Waals surface area contributed by atoms with E-state index in [-0.39, 0.29) is 5.54 Å². The molecule has 0 amide bonds. The lowest BCUT2D eigenvalue weighted by molar-refractivity contribution is 0.232. The van der Waals surface area contributed by atoms with Crippen LogP contribution in [-0.2, 0) is 0 Å². The molecular weight excluding hydrogens is 202 g/mol. The molecule has 0 saturated heterocycles. The molecule has 2 rings (SSSR count). The number of methoxy groups -OCH3 is 1. The zero-order valence-electron chi connectivity index (χ0n) is 10.1. The number of hydrogen-bond donors (Lipinski definition) is 1. The summed E-state index contributed by atoms with van der Waals surface area (Å²) in [7, 11) is 1.66. The van der Waals surface area contributed by atoms with Gasteiger partial charge in [-0.05, 0) is 31.9 Å². The lowest BCUT2D eigenvalue weighted by atomic mass is 9.79. The molecule has 1 aromatic carbocycles. The van der Waals surface area contributed by atoms with Crippen LogP contribution in [0.1, 0.15) is 31.7 Å². The summed E-state index contributed by atoms with van der Waals surface area (Å²) in [5.74, 6) is 2.09. The van der Waals surface area contributed by atoms with Gasteiger partial charge in [0.25, 0.3) is 0 Å². The summed E-state index contributed by atoms with van der Waals surface area (Å²) in [6, 6.07) is 5.96. The minimum absolute atomic E-state index is 0.215. The molecule has 3 nitrogen and oxygen atoms in total. The third-order valence-corrected chi connectivity index (χ3v) is 3.16. The number of rotatable bonds is 2. The van der Waals surface area contributed by atoms with Gasteiger partial charge in [-0.15, -0.1) is 0 Å². The van der Waals surface area contributed by atoms with E-state index in [1.54, 1.807) is 7.11 Å². The fourth-order valence-corrected chi connectivity index (χ4v) is 2.27. The van der Waals surface area contributed by atoms with E-state index in [0.717, 1.165) is 24.5 Å². The van der Waals surface area contributed by atoms with Crippen molar-refractivity contribution in [1.29, 1.82) is 0 Å². The molecule has 1 aliphatic heterocycles. The van der Waals surface area contributed by atoms with E-state index >= 15 is 0 Å². The monoisotopic (exact) mass is 221 g/mol. The van der Waals surface area contributed by atoms with Crippen LogP contribution in [0.3, 0.4) is 0 Å². The van der Waals surface area contributed by atoms with Gasteiger partial charge in [0.15, 0.2) is 0 Å². The van der Waals surface area contributed by atoms with Crippen LogP contribution in [0.25, 0.3) is 0 Å². The number of benzene rings is 1. The third-order valence-electron chi connectivity index (χ3n) is 3.16. The number of hydrogen-bond acceptors (Lipinski definition) is 3. The van der Waals surface area contributed by atoms with Gasteiger partial charge in [0.1, 0.15) is 11.5 Å². The topological polar surface area (TPSA) is 44.5 Å². The van der Waals surface area contributed by atoms with Crippen molar-refractivity contribution in [1.82, 2.24) is 0 Å². The van der Waals surface area contributed by atoms with Gasteiger partial charge in [0.05, 0.1) is 13.7 Å². The normalized spacial score (nSPS) is 19.9. The van der Waals surface area contributed by atoms with E-state index in [2.05, 4.69) is 19.9 Å². The van der Waals surface area contributed by atoms with Gasteiger partial charge < -0.3 is 15.2 Å². The van der Waals surface area contributed by atoms with Gasteiger partial charge in [-0.1, -0.05) is 6.07 Å². The molecule has 0 bridgehead atoms. The van der Waals surface area contributed by atoms with Gasteiger partial charge in [0, 0.05) is 17.5 Å². The highest BCUT2D eigenvalue weighted by Crippen LogP contribution is 2.40. The van der Waals surface area contributed by atoms with Crippen molar-refractivity contribution in [2.75, 3.05) is 13.7 Å². The van der Waals surface area contributed by atoms with Crippen LogP contribution in [0.15, 0.2) is 18.2 Å². The summed E-state index contributed by atoms with van der Waals surface area (Å²) >= 11 is 0. The van der Waals surface area contributed by atoms with E-state index in [1.165, 1.54) is 5.56 Å². The van der Waals surface area contributed by atoms with E-state index in [0.29, 0.717) is 5.92 Å². The van der Waals surface area contributed by atoms with Crippen LogP contribution < -0.4 is 15.2 Å². The Morgan fingerprint density at radius 1 is 1.44 bits per heavy atom. The SMILES string of the molecule is COc1ccc2c(c1)OCCC2C(C)(C)N. The highest BCUT2D eigenvalue weighted by Gasteiger charge is 2.31. The molecule has 0 aromatic heterocycles. The van der Waals surface area contributed by atoms with Crippen LogP contribution in [0, 0.1) is 0 Å². The maximum absolute atomic E-state index is 6.21. The average molecular weight is 221 g/mol. The molecule has 1 atom stereocenters. The lowest BCUT2D eigenvalue weighted by Gasteiger charge is -2.35. The minimum atomic E-state index is -0.215. The quantitative estimate of drug-likeness (QED) is 0.833. The minimum Gasteiger partial charge on any atom is -0.497 e. The Balaban J connectivity index is 2.40. The first kappa shape index (κ1) is 11.3. The predicted molar refractivity (Wildman–Crippen MR) is 64.1 cm³/mol. The van der Waals surface area contributed by atoms with E-state index in [1.807, 2.05) is 12.1 Å². The predicted octanol–water partition coefficient (Wildman–Crippen LogP) is 2.30. The van der Waals surface area contributed by atoms with Gasteiger partial charge in [0.2, 0.25) is 0 Å². The summed E-state index contributed by atoms with van der Waals surface area (Å²) in [6.07, 6.45) is 0.975. The van der Waals surface area contributed by atoms with E-state index in [9.17, 15) is 0 Å². The molecule has 3 heteroatoms. The Morgan fingerprint density at radius 3 is 2.81 bits per heavy atom. The van der Waals surface area contributed by atoms with Crippen molar-refractivity contribution in [3.8, 4) is 11.5 Å². The number of nitrogens with two attached hydrogens (primary N) is 1. The lowest BCUT2D eigenvalue weighted by Crippen LogP contribution is -2.41. The summed E-state index contributed by atoms with van der Waals surface area (Å²) in [4.78, 5) is 0. The molecule has 2 N–H and O–H groups in total. The Morgan fingerprint density at radius 2 is 2.19 bits per heavy atom. The molecule has 1 aliphatic rings. The standard InChI is InChI=1S/C13H19NO2/c1-13(2,14)11-6-7-16-12-8-9(15-3)4-5-10(11)12/h4-5,8,11H,6-7,14H2,1-3H3. The second-order valence-corrected chi connectivity index (χ2v) is 4.91. The van der Waals surface area contributed by atoms with Crippen LogP contribution in [-0.4, -0.2) is 19.3 Å². The molecular formula is C13H19NO2. The summed E-state index contributed by atoms with van der Waals surface area (Å²) in [6.45, 7) is 4.86. The molecule has 1 aromatic rings. The van der Waals surface area contributed by atoms with Crippen molar-refractivity contribution in [3.63, 3.8) is 0 Å². The van der Waals surface area contributed by atoms with Crippen molar-refractivity contribution in [2.45, 2.75) is 31.7 Å². The van der Waals surface area contributed by atoms with Crippen molar-refractivity contribution in [3.05, 3.63) is 23.8 Å². The maximum Gasteiger partial charge on any atom is 0.126 e. The number of fused-ring (bicyclic) bond motifs is 1. The molecule has 88 valence electrons. The Labute approximate surface area is 96.5 Å². The largest absolute Gasteiger partial charge is 0.497 e. The van der Waals surface area contributed by atoms with Gasteiger partial charge in [-0.3, -0.25) is 0 Å². The van der Waals surface area contributed by atoms with E-state index < -0.39 is 0 Å². The molecule has 1 heterocycles. The smallest absolute Gasteiger partial charge is 0.126 e. The van der Waals surface area contributed by atoms with Crippen LogP contribution in [0.2, 0.25) is 0 Å². The molecule has 0 fully saturated rings. The highest BCUT2D eigenvalue weighted by molar-refractivity contribution is 5.45. The summed E-state index contributed by atoms with van der Waals surface area (Å²) in [5.41, 5.74) is 7.19. The first-order chi connectivity index (χ1) is 7.52. The zero-order chi connectivity index (χ0) is 11.8. The molecule has 0 spiro atoms. The zero-order valence-corrected chi connectivity index (χ0v) is 10.1. The first-order valence-corrected chi connectivity index (χ1v) is 5.62. The molecule has 0 aliphatic carbocycles. The highest BCUT2D eigenvalue weighted by atomic mass is 16.5. The molecule has 16 heavy (non-hydrogen) atoms. The average Bonchev–Trinajstić information content (AvgIpc) is 2.26. The number of ether oxygens (including phenoxy) is 2. The van der Waals surface area contributed by atoms with Gasteiger partial charge in [-0.25, -0.2) is 0 Å². The Hall–Kier alpha value is -1.22. The van der Waals surface area contributed by atoms with E-state index in [4.69, 9.17) is 15.2 Å². The molecule has 0 radical (unpaired) electrons. The van der Waals surface area contributed by atoms with Gasteiger partial charge in [-0.2, -0.15) is 0 Å². The fourth-order valence-electron chi connectivity index (χ4n) is 2.27. The maximum atomic E-state index is 6.21. The Kier molecular flexibility index (Phi) is 2.80.